The minimum Gasteiger partial charge on any atom is -0.507 e. The number of hydrogen-bond donors (Lipinski definition) is 1. The summed E-state index contributed by atoms with van der Waals surface area (Å²) in [6.45, 7) is 9.34. The number of rotatable bonds is 6. The number of phenolic OH excluding ortho intramolecular Hbond substituents is 1. The Bertz CT molecular complexity index is 825. The first-order valence-electron chi connectivity index (χ1n) is 8.39. The predicted molar refractivity (Wildman–Crippen MR) is 96.5 cm³/mol. The maximum absolute atomic E-state index is 12.4. The average molecular weight is 325 g/mol. The first kappa shape index (κ1) is 16.5. The van der Waals surface area contributed by atoms with Gasteiger partial charge in [-0.2, -0.15) is 0 Å². The zero-order valence-corrected chi connectivity index (χ0v) is 13.9. The van der Waals surface area contributed by atoms with E-state index < -0.39 is 0 Å². The molecule has 0 amide bonds. The summed E-state index contributed by atoms with van der Waals surface area (Å²) in [6, 6.07) is 3.57. The molecular weight excluding hydrogens is 302 g/mol. The molecule has 3 rings (SSSR count). The Morgan fingerprint density at radius 3 is 2.46 bits per heavy atom. The van der Waals surface area contributed by atoms with Crippen LogP contribution >= 0.6 is 0 Å². The van der Waals surface area contributed by atoms with Gasteiger partial charge in [0.25, 0.3) is 0 Å². The Hall–Kier alpha value is -2.33. The summed E-state index contributed by atoms with van der Waals surface area (Å²) in [5, 5.41) is 11.3. The number of nitrogens with zero attached hydrogens (tertiary/aromatic N) is 1. The van der Waals surface area contributed by atoms with Gasteiger partial charge in [0.1, 0.15) is 11.3 Å². The molecule has 0 bridgehead atoms. The number of hydrogen-bond acceptors (Lipinski definition) is 4. The van der Waals surface area contributed by atoms with E-state index in [0.29, 0.717) is 30.8 Å². The third kappa shape index (κ3) is 3.02. The molecule has 1 aliphatic rings. The number of phenols is 1. The first-order chi connectivity index (χ1) is 11.7. The second-order valence-electron chi connectivity index (χ2n) is 6.27. The number of benzene rings is 1. The van der Waals surface area contributed by atoms with Crippen molar-refractivity contribution in [1.29, 1.82) is 0 Å². The van der Waals surface area contributed by atoms with E-state index in [1.165, 1.54) is 0 Å². The van der Waals surface area contributed by atoms with Crippen molar-refractivity contribution in [3.63, 3.8) is 0 Å². The van der Waals surface area contributed by atoms with E-state index in [4.69, 9.17) is 4.42 Å². The molecule has 0 fully saturated rings. The molecule has 1 aromatic heterocycles. The highest BCUT2D eigenvalue weighted by Crippen LogP contribution is 2.33. The van der Waals surface area contributed by atoms with Gasteiger partial charge in [0, 0.05) is 30.6 Å². The summed E-state index contributed by atoms with van der Waals surface area (Å²) in [6.07, 6.45) is 7.41. The van der Waals surface area contributed by atoms with Crippen LogP contribution in [0.4, 0.5) is 0 Å². The molecule has 0 saturated carbocycles. The highest BCUT2D eigenvalue weighted by molar-refractivity contribution is 5.86. The van der Waals surface area contributed by atoms with Gasteiger partial charge in [-0.3, -0.25) is 4.90 Å². The van der Waals surface area contributed by atoms with Crippen molar-refractivity contribution in [3.8, 4) is 5.75 Å². The molecule has 4 nitrogen and oxygen atoms in total. The van der Waals surface area contributed by atoms with Gasteiger partial charge >= 0.3 is 5.63 Å². The predicted octanol–water partition coefficient (Wildman–Crippen LogP) is 3.55. The lowest BCUT2D eigenvalue weighted by Crippen LogP contribution is -2.24. The van der Waals surface area contributed by atoms with E-state index in [9.17, 15) is 9.90 Å². The van der Waals surface area contributed by atoms with Gasteiger partial charge in [-0.1, -0.05) is 12.2 Å². The fourth-order valence-electron chi connectivity index (χ4n) is 3.50. The van der Waals surface area contributed by atoms with Crippen molar-refractivity contribution in [2.45, 2.75) is 32.2 Å². The molecule has 4 heteroatoms. The van der Waals surface area contributed by atoms with Gasteiger partial charge < -0.3 is 9.52 Å². The van der Waals surface area contributed by atoms with Crippen LogP contribution in [0, 0.1) is 0 Å². The number of aryl methyl sites for hydroxylation is 1. The van der Waals surface area contributed by atoms with E-state index >= 15 is 0 Å². The average Bonchev–Trinajstić information content (AvgIpc) is 2.58. The van der Waals surface area contributed by atoms with Gasteiger partial charge in [0.15, 0.2) is 0 Å². The van der Waals surface area contributed by atoms with Crippen LogP contribution in [0.2, 0.25) is 0 Å². The van der Waals surface area contributed by atoms with Gasteiger partial charge in [0.2, 0.25) is 0 Å². The molecule has 2 aromatic rings. The summed E-state index contributed by atoms with van der Waals surface area (Å²) in [4.78, 5) is 14.5. The largest absolute Gasteiger partial charge is 0.507 e. The zero-order valence-electron chi connectivity index (χ0n) is 13.9. The molecule has 0 saturated heterocycles. The van der Waals surface area contributed by atoms with Crippen LogP contribution in [0.15, 0.2) is 46.7 Å². The van der Waals surface area contributed by atoms with Crippen molar-refractivity contribution in [3.05, 3.63) is 64.6 Å². The third-order valence-electron chi connectivity index (χ3n) is 4.63. The highest BCUT2D eigenvalue weighted by Gasteiger charge is 2.21. The zero-order chi connectivity index (χ0) is 17.1. The maximum atomic E-state index is 12.4. The van der Waals surface area contributed by atoms with E-state index in [-0.39, 0.29) is 11.4 Å². The Balaban J connectivity index is 2.15. The fraction of sp³-hybridized carbons (Fsp3) is 0.350. The third-order valence-corrected chi connectivity index (χ3v) is 4.63. The van der Waals surface area contributed by atoms with Gasteiger partial charge in [-0.25, -0.2) is 4.79 Å². The fourth-order valence-corrected chi connectivity index (χ4v) is 3.50. The molecule has 1 aromatic carbocycles. The summed E-state index contributed by atoms with van der Waals surface area (Å²) in [5.41, 5.74) is 2.80. The molecule has 0 aliphatic heterocycles. The summed E-state index contributed by atoms with van der Waals surface area (Å²) in [5.74, 6) is 0.152. The van der Waals surface area contributed by atoms with Gasteiger partial charge in [0.05, 0.1) is 5.56 Å². The molecule has 0 unspecified atom stereocenters. The lowest BCUT2D eigenvalue weighted by molar-refractivity contribution is 0.319. The number of fused-ring (bicyclic) bond motifs is 3. The molecule has 0 radical (unpaired) electrons. The summed E-state index contributed by atoms with van der Waals surface area (Å²) < 4.78 is 5.64. The molecule has 126 valence electrons. The lowest BCUT2D eigenvalue weighted by Gasteiger charge is -2.21. The van der Waals surface area contributed by atoms with E-state index in [1.54, 1.807) is 6.07 Å². The standard InChI is InChI=1S/C20H23NO3/c1-3-11-21(12-4-2)13-17-18(22)10-9-15-14-7-5-6-8-16(14)20(23)24-19(15)17/h3-4,9-10,22H,1-2,5-8,11-13H2. The summed E-state index contributed by atoms with van der Waals surface area (Å²) in [7, 11) is 0. The van der Waals surface area contributed by atoms with E-state index in [0.717, 1.165) is 42.2 Å². The smallest absolute Gasteiger partial charge is 0.339 e. The van der Waals surface area contributed by atoms with Crippen LogP contribution in [0.5, 0.6) is 5.75 Å². The second-order valence-corrected chi connectivity index (χ2v) is 6.27. The SMILES string of the molecule is C=CCN(CC=C)Cc1c(O)ccc2c3c(c(=O)oc12)CCCC3. The Morgan fingerprint density at radius 2 is 1.79 bits per heavy atom. The maximum Gasteiger partial charge on any atom is 0.339 e. The van der Waals surface area contributed by atoms with Crippen molar-refractivity contribution in [2.24, 2.45) is 0 Å². The van der Waals surface area contributed by atoms with Crippen molar-refractivity contribution in [1.82, 2.24) is 4.90 Å². The van der Waals surface area contributed by atoms with Crippen molar-refractivity contribution >= 4 is 11.0 Å². The van der Waals surface area contributed by atoms with Crippen LogP contribution in [0.1, 0.15) is 29.5 Å². The second kappa shape index (κ2) is 7.05. The van der Waals surface area contributed by atoms with Gasteiger partial charge in [-0.15, -0.1) is 13.2 Å². The van der Waals surface area contributed by atoms with Crippen LogP contribution in [0.3, 0.4) is 0 Å². The Kier molecular flexibility index (Phi) is 4.86. The topological polar surface area (TPSA) is 53.7 Å². The summed E-state index contributed by atoms with van der Waals surface area (Å²) >= 11 is 0. The van der Waals surface area contributed by atoms with Crippen molar-refractivity contribution < 1.29 is 9.52 Å². The highest BCUT2D eigenvalue weighted by atomic mass is 16.4. The molecule has 24 heavy (non-hydrogen) atoms. The van der Waals surface area contributed by atoms with Crippen LogP contribution < -0.4 is 5.63 Å². The molecule has 1 N–H and O–H groups in total. The Morgan fingerprint density at radius 1 is 1.12 bits per heavy atom. The molecule has 1 heterocycles. The minimum atomic E-state index is -0.261. The monoisotopic (exact) mass is 325 g/mol. The molecule has 0 spiro atoms. The molecule has 0 atom stereocenters. The number of aromatic hydroxyl groups is 1. The minimum absolute atomic E-state index is 0.152. The van der Waals surface area contributed by atoms with Crippen LogP contribution in [-0.4, -0.2) is 23.1 Å². The molecule has 1 aliphatic carbocycles. The molecular formula is C20H23NO3. The normalized spacial score (nSPS) is 13.9. The van der Waals surface area contributed by atoms with Crippen LogP contribution in [0.25, 0.3) is 11.0 Å². The quantitative estimate of drug-likeness (QED) is 0.652. The van der Waals surface area contributed by atoms with Crippen LogP contribution in [-0.2, 0) is 19.4 Å². The first-order valence-corrected chi connectivity index (χ1v) is 8.39. The van der Waals surface area contributed by atoms with Crippen molar-refractivity contribution in [2.75, 3.05) is 13.1 Å². The Labute approximate surface area is 141 Å². The van der Waals surface area contributed by atoms with Gasteiger partial charge in [-0.05, 0) is 43.4 Å². The van der Waals surface area contributed by atoms with E-state index in [1.807, 2.05) is 18.2 Å². The van der Waals surface area contributed by atoms with E-state index in [2.05, 4.69) is 18.1 Å². The lowest BCUT2D eigenvalue weighted by atomic mass is 9.90.